The monoisotopic (exact) mass is 369 g/mol. The Balaban J connectivity index is 1.61. The van der Waals surface area contributed by atoms with Crippen LogP contribution in [0.25, 0.3) is 0 Å². The van der Waals surface area contributed by atoms with Crippen LogP contribution in [0.15, 0.2) is 54.2 Å². The highest BCUT2D eigenvalue weighted by atomic mass is 32.1. The van der Waals surface area contributed by atoms with E-state index < -0.39 is 0 Å². The van der Waals surface area contributed by atoms with E-state index in [0.717, 1.165) is 0 Å². The summed E-state index contributed by atoms with van der Waals surface area (Å²) in [4.78, 5) is 31.4. The minimum atomic E-state index is -0.377. The molecule has 8 nitrogen and oxygen atoms in total. The van der Waals surface area contributed by atoms with Crippen molar-refractivity contribution in [3.8, 4) is 11.5 Å². The van der Waals surface area contributed by atoms with Crippen LogP contribution in [-0.2, 0) is 0 Å². The first-order valence-electron chi connectivity index (χ1n) is 7.57. The first-order valence-corrected chi connectivity index (χ1v) is 8.45. The van der Waals surface area contributed by atoms with Crippen LogP contribution in [0.5, 0.6) is 11.5 Å². The molecule has 0 aliphatic rings. The fourth-order valence-corrected chi connectivity index (χ4v) is 2.54. The summed E-state index contributed by atoms with van der Waals surface area (Å²) in [5.74, 6) is 0.756. The maximum Gasteiger partial charge on any atom is 0.325 e. The van der Waals surface area contributed by atoms with E-state index in [0.29, 0.717) is 22.3 Å². The quantitative estimate of drug-likeness (QED) is 0.640. The van der Waals surface area contributed by atoms with E-state index in [-0.39, 0.29) is 17.6 Å². The Bertz CT molecular complexity index is 897. The van der Waals surface area contributed by atoms with Crippen LogP contribution >= 0.6 is 11.3 Å². The number of hydrogen-bond donors (Lipinski definition) is 3. The number of pyridine rings is 1. The molecule has 0 spiro atoms. The summed E-state index contributed by atoms with van der Waals surface area (Å²) in [6.45, 7) is 0. The normalized spacial score (nSPS) is 10.0. The number of amides is 3. The molecule has 2 heterocycles. The van der Waals surface area contributed by atoms with E-state index in [1.807, 2.05) is 0 Å². The Kier molecular flexibility index (Phi) is 5.40. The van der Waals surface area contributed by atoms with Crippen molar-refractivity contribution in [3.63, 3.8) is 0 Å². The second-order valence-corrected chi connectivity index (χ2v) is 5.89. The van der Waals surface area contributed by atoms with Gasteiger partial charge in [-0.3, -0.25) is 15.1 Å². The molecular formula is C17H15N5O3S. The Hall–Kier alpha value is -3.46. The molecule has 1 aromatic carbocycles. The maximum absolute atomic E-state index is 11.9. The molecule has 2 aromatic heterocycles. The van der Waals surface area contributed by atoms with Gasteiger partial charge >= 0.3 is 6.03 Å². The highest BCUT2D eigenvalue weighted by Crippen LogP contribution is 2.23. The number of ether oxygens (including phenoxy) is 1. The molecular weight excluding hydrogens is 354 g/mol. The van der Waals surface area contributed by atoms with Gasteiger partial charge in [0.1, 0.15) is 17.2 Å². The fourth-order valence-electron chi connectivity index (χ4n) is 2.01. The van der Waals surface area contributed by atoms with Gasteiger partial charge < -0.3 is 15.4 Å². The predicted octanol–water partition coefficient (Wildman–Crippen LogP) is 3.33. The lowest BCUT2D eigenvalue weighted by atomic mass is 10.3. The molecule has 0 radical (unpaired) electrons. The Morgan fingerprint density at radius 3 is 2.50 bits per heavy atom. The molecule has 132 valence electrons. The second-order valence-electron chi connectivity index (χ2n) is 5.00. The van der Waals surface area contributed by atoms with Crippen molar-refractivity contribution in [3.05, 3.63) is 59.9 Å². The highest BCUT2D eigenvalue weighted by Gasteiger charge is 2.07. The minimum absolute atomic E-state index is 0.266. The lowest BCUT2D eigenvalue weighted by Crippen LogP contribution is -2.19. The average Bonchev–Trinajstić information content (AvgIpc) is 3.16. The van der Waals surface area contributed by atoms with Crippen molar-refractivity contribution in [1.82, 2.24) is 15.3 Å². The fraction of sp³-hybridized carbons (Fsp3) is 0.0588. The van der Waals surface area contributed by atoms with Gasteiger partial charge in [0.25, 0.3) is 5.91 Å². The lowest BCUT2D eigenvalue weighted by Gasteiger charge is -2.09. The number of rotatable bonds is 5. The minimum Gasteiger partial charge on any atom is -0.457 e. The predicted molar refractivity (Wildman–Crippen MR) is 98.9 cm³/mol. The Morgan fingerprint density at radius 1 is 1.00 bits per heavy atom. The number of benzene rings is 1. The molecule has 0 aliphatic carbocycles. The summed E-state index contributed by atoms with van der Waals surface area (Å²) in [7, 11) is 1.54. The third kappa shape index (κ3) is 4.54. The SMILES string of the molecule is CNC(=O)c1cc(Oc2ccc(NC(=O)Nc3nccs3)cc2)ccn1. The molecule has 3 rings (SSSR count). The molecule has 26 heavy (non-hydrogen) atoms. The van der Waals surface area contributed by atoms with Crippen molar-refractivity contribution < 1.29 is 14.3 Å². The van der Waals surface area contributed by atoms with Crippen LogP contribution < -0.4 is 20.7 Å². The molecule has 0 atom stereocenters. The van der Waals surface area contributed by atoms with Crippen molar-refractivity contribution >= 4 is 34.1 Å². The summed E-state index contributed by atoms with van der Waals surface area (Å²) < 4.78 is 5.70. The molecule has 0 saturated heterocycles. The molecule has 0 bridgehead atoms. The van der Waals surface area contributed by atoms with Gasteiger partial charge in [-0.25, -0.2) is 9.78 Å². The van der Waals surface area contributed by atoms with Crippen LogP contribution in [0, 0.1) is 0 Å². The van der Waals surface area contributed by atoms with Gasteiger partial charge in [-0.2, -0.15) is 0 Å². The first-order chi connectivity index (χ1) is 12.6. The number of nitrogens with zero attached hydrogens (tertiary/aromatic N) is 2. The van der Waals surface area contributed by atoms with Crippen molar-refractivity contribution in [2.24, 2.45) is 0 Å². The molecule has 3 N–H and O–H groups in total. The number of aromatic nitrogens is 2. The van der Waals surface area contributed by atoms with Crippen LogP contribution in [0.1, 0.15) is 10.5 Å². The highest BCUT2D eigenvalue weighted by molar-refractivity contribution is 7.13. The van der Waals surface area contributed by atoms with E-state index in [1.54, 1.807) is 48.0 Å². The zero-order chi connectivity index (χ0) is 18.4. The molecule has 0 aliphatic heterocycles. The van der Waals surface area contributed by atoms with E-state index in [2.05, 4.69) is 25.9 Å². The summed E-state index contributed by atoms with van der Waals surface area (Å²) in [5.41, 5.74) is 0.870. The average molecular weight is 369 g/mol. The Morgan fingerprint density at radius 2 is 1.81 bits per heavy atom. The van der Waals surface area contributed by atoms with Crippen LogP contribution in [-0.4, -0.2) is 29.0 Å². The number of thiazole rings is 1. The number of urea groups is 1. The molecule has 0 fully saturated rings. The standard InChI is InChI=1S/C17H15N5O3S/c1-18-15(23)14-10-13(6-7-19-14)25-12-4-2-11(3-5-12)21-16(24)22-17-20-8-9-26-17/h2-10H,1H3,(H,18,23)(H2,20,21,22,24). The van der Waals surface area contributed by atoms with Crippen molar-refractivity contribution in [2.45, 2.75) is 0 Å². The first kappa shape index (κ1) is 17.4. The smallest absolute Gasteiger partial charge is 0.325 e. The molecule has 0 unspecified atom stereocenters. The number of carbonyl (C=O) groups excluding carboxylic acids is 2. The summed E-state index contributed by atoms with van der Waals surface area (Å²) in [5, 5.41) is 10.1. The third-order valence-electron chi connectivity index (χ3n) is 3.19. The molecule has 9 heteroatoms. The summed E-state index contributed by atoms with van der Waals surface area (Å²) in [6, 6.07) is 9.65. The van der Waals surface area contributed by atoms with E-state index in [9.17, 15) is 9.59 Å². The molecule has 0 saturated carbocycles. The Labute approximate surface area is 153 Å². The molecule has 3 amide bonds. The number of carbonyl (C=O) groups is 2. The van der Waals surface area contributed by atoms with Gasteiger partial charge in [0.15, 0.2) is 5.13 Å². The number of hydrogen-bond acceptors (Lipinski definition) is 6. The van der Waals surface area contributed by atoms with Crippen molar-refractivity contribution in [1.29, 1.82) is 0 Å². The topological polar surface area (TPSA) is 105 Å². The zero-order valence-electron chi connectivity index (χ0n) is 13.7. The van der Waals surface area contributed by atoms with Crippen LogP contribution in [0.3, 0.4) is 0 Å². The van der Waals surface area contributed by atoms with Gasteiger partial charge in [-0.15, -0.1) is 11.3 Å². The number of nitrogens with one attached hydrogen (secondary N) is 3. The van der Waals surface area contributed by atoms with Gasteiger partial charge in [0, 0.05) is 36.6 Å². The van der Waals surface area contributed by atoms with E-state index in [4.69, 9.17) is 4.74 Å². The summed E-state index contributed by atoms with van der Waals surface area (Å²) >= 11 is 1.33. The van der Waals surface area contributed by atoms with Gasteiger partial charge in [0.05, 0.1) is 0 Å². The largest absolute Gasteiger partial charge is 0.457 e. The van der Waals surface area contributed by atoms with Gasteiger partial charge in [-0.1, -0.05) is 0 Å². The zero-order valence-corrected chi connectivity index (χ0v) is 14.5. The third-order valence-corrected chi connectivity index (χ3v) is 3.88. The van der Waals surface area contributed by atoms with Crippen molar-refractivity contribution in [2.75, 3.05) is 17.7 Å². The number of anilines is 2. The summed E-state index contributed by atoms with van der Waals surface area (Å²) in [6.07, 6.45) is 3.11. The van der Waals surface area contributed by atoms with Crippen LogP contribution in [0.2, 0.25) is 0 Å². The van der Waals surface area contributed by atoms with E-state index in [1.165, 1.54) is 24.6 Å². The second kappa shape index (κ2) is 8.08. The van der Waals surface area contributed by atoms with Crippen LogP contribution in [0.4, 0.5) is 15.6 Å². The van der Waals surface area contributed by atoms with Gasteiger partial charge in [-0.05, 0) is 30.3 Å². The van der Waals surface area contributed by atoms with E-state index >= 15 is 0 Å². The lowest BCUT2D eigenvalue weighted by molar-refractivity contribution is 0.0958. The molecule has 3 aromatic rings. The van der Waals surface area contributed by atoms with Gasteiger partial charge in [0.2, 0.25) is 0 Å². The maximum atomic E-state index is 11.9.